The molecule has 0 spiro atoms. The summed E-state index contributed by atoms with van der Waals surface area (Å²) in [6, 6.07) is 5.24. The second-order valence-electron chi connectivity index (χ2n) is 4.98. The summed E-state index contributed by atoms with van der Waals surface area (Å²) in [5, 5.41) is 0.703. The molecule has 2 heterocycles. The van der Waals surface area contributed by atoms with Crippen molar-refractivity contribution in [3.8, 4) is 0 Å². The van der Waals surface area contributed by atoms with Gasteiger partial charge in [-0.15, -0.1) is 0 Å². The minimum absolute atomic E-state index is 0.416. The number of aromatic nitrogens is 1. The molecule has 0 unspecified atom stereocenters. The number of nitrogens with zero attached hydrogens (tertiary/aromatic N) is 1. The van der Waals surface area contributed by atoms with Gasteiger partial charge < -0.3 is 9.47 Å². The molecule has 0 aliphatic carbocycles. The normalized spacial score (nSPS) is 16.3. The number of cyclic esters (lactones) is 1. The molecule has 98 valence electrons. The maximum atomic E-state index is 11.9. The Morgan fingerprint density at radius 2 is 2.05 bits per heavy atom. The molecule has 0 radical (unpaired) electrons. The van der Waals surface area contributed by atoms with Crippen LogP contribution in [-0.4, -0.2) is 23.7 Å². The van der Waals surface area contributed by atoms with Crippen LogP contribution in [0.3, 0.4) is 0 Å². The Labute approximate surface area is 109 Å². The third kappa shape index (κ3) is 1.47. The maximum absolute atomic E-state index is 11.9. The highest BCUT2D eigenvalue weighted by Gasteiger charge is 2.35. The molecular formula is C14H13NO4. The van der Waals surface area contributed by atoms with Gasteiger partial charge in [-0.2, -0.15) is 0 Å². The van der Waals surface area contributed by atoms with Crippen LogP contribution in [0.25, 0.3) is 10.9 Å². The molecule has 0 atom stereocenters. The van der Waals surface area contributed by atoms with E-state index in [1.807, 2.05) is 13.8 Å². The highest BCUT2D eigenvalue weighted by Crippen LogP contribution is 2.37. The lowest BCUT2D eigenvalue weighted by atomic mass is 9.93. The van der Waals surface area contributed by atoms with E-state index in [1.54, 1.807) is 24.4 Å². The van der Waals surface area contributed by atoms with Crippen LogP contribution in [-0.2, 0) is 15.1 Å². The third-order valence-corrected chi connectivity index (χ3v) is 3.44. The lowest BCUT2D eigenvalue weighted by Gasteiger charge is -2.31. The van der Waals surface area contributed by atoms with Gasteiger partial charge in [0.25, 0.3) is 0 Å². The van der Waals surface area contributed by atoms with Crippen molar-refractivity contribution < 1.29 is 19.1 Å². The number of rotatable bonds is 1. The monoisotopic (exact) mass is 259 g/mol. The smallest absolute Gasteiger partial charge is 0.419 e. The van der Waals surface area contributed by atoms with E-state index in [0.29, 0.717) is 16.5 Å². The van der Waals surface area contributed by atoms with Crippen LogP contribution in [0.15, 0.2) is 24.4 Å². The quantitative estimate of drug-likeness (QED) is 0.739. The summed E-state index contributed by atoms with van der Waals surface area (Å²) in [7, 11) is 1.34. The van der Waals surface area contributed by atoms with Gasteiger partial charge >= 0.3 is 12.1 Å². The Balaban J connectivity index is 2.40. The van der Waals surface area contributed by atoms with Gasteiger partial charge in [-0.3, -0.25) is 4.57 Å². The predicted molar refractivity (Wildman–Crippen MR) is 68.2 cm³/mol. The average molecular weight is 259 g/mol. The summed E-state index contributed by atoms with van der Waals surface area (Å²) in [5.41, 5.74) is 1.33. The van der Waals surface area contributed by atoms with Gasteiger partial charge in [-0.1, -0.05) is 6.07 Å². The first-order valence-electron chi connectivity index (χ1n) is 5.92. The fourth-order valence-corrected chi connectivity index (χ4v) is 2.51. The molecule has 5 heteroatoms. The summed E-state index contributed by atoms with van der Waals surface area (Å²) < 4.78 is 11.6. The van der Waals surface area contributed by atoms with Crippen LogP contribution in [0.1, 0.15) is 29.8 Å². The molecule has 1 aliphatic rings. The first kappa shape index (κ1) is 11.8. The van der Waals surface area contributed by atoms with Crippen LogP contribution in [0.5, 0.6) is 0 Å². The molecule has 1 aliphatic heterocycles. The number of hydrogen-bond acceptors (Lipinski definition) is 4. The number of benzene rings is 1. The summed E-state index contributed by atoms with van der Waals surface area (Å²) in [6.45, 7) is 3.65. The second kappa shape index (κ2) is 3.60. The fourth-order valence-electron chi connectivity index (χ4n) is 2.51. The van der Waals surface area contributed by atoms with E-state index in [4.69, 9.17) is 9.47 Å². The van der Waals surface area contributed by atoms with E-state index in [2.05, 4.69) is 0 Å². The number of hydrogen-bond donors (Lipinski definition) is 0. The summed E-state index contributed by atoms with van der Waals surface area (Å²) >= 11 is 0. The van der Waals surface area contributed by atoms with Crippen molar-refractivity contribution in [2.45, 2.75) is 19.4 Å². The van der Waals surface area contributed by atoms with Crippen molar-refractivity contribution in [3.63, 3.8) is 0 Å². The van der Waals surface area contributed by atoms with E-state index in [0.717, 1.165) is 5.56 Å². The van der Waals surface area contributed by atoms with Crippen LogP contribution in [0.2, 0.25) is 0 Å². The Hall–Kier alpha value is -2.30. The molecule has 1 aromatic heterocycles. The van der Waals surface area contributed by atoms with Gasteiger partial charge in [-0.25, -0.2) is 9.59 Å². The van der Waals surface area contributed by atoms with Crippen LogP contribution in [0.4, 0.5) is 4.79 Å². The van der Waals surface area contributed by atoms with Gasteiger partial charge in [0.2, 0.25) is 0 Å². The van der Waals surface area contributed by atoms with Crippen LogP contribution >= 0.6 is 0 Å². The highest BCUT2D eigenvalue weighted by molar-refractivity contribution is 6.07. The van der Waals surface area contributed by atoms with Crippen molar-refractivity contribution in [1.29, 1.82) is 0 Å². The zero-order valence-corrected chi connectivity index (χ0v) is 10.9. The summed E-state index contributed by atoms with van der Waals surface area (Å²) in [4.78, 5) is 23.7. The topological polar surface area (TPSA) is 57.5 Å². The second-order valence-corrected chi connectivity index (χ2v) is 4.98. The van der Waals surface area contributed by atoms with Crippen molar-refractivity contribution in [2.75, 3.05) is 7.11 Å². The zero-order chi connectivity index (χ0) is 13.8. The van der Waals surface area contributed by atoms with Gasteiger partial charge in [0.15, 0.2) is 0 Å². The van der Waals surface area contributed by atoms with Crippen molar-refractivity contribution in [3.05, 3.63) is 35.5 Å². The Bertz CT molecular complexity index is 712. The van der Waals surface area contributed by atoms with E-state index >= 15 is 0 Å². The number of carbonyl (C=O) groups is 2. The molecule has 0 fully saturated rings. The number of methoxy groups -OCH3 is 1. The summed E-state index contributed by atoms with van der Waals surface area (Å²) in [6.07, 6.45) is 1.17. The summed E-state index contributed by atoms with van der Waals surface area (Å²) in [5.74, 6) is -0.416. The minimum Gasteiger partial charge on any atom is -0.465 e. The van der Waals surface area contributed by atoms with E-state index < -0.39 is 17.7 Å². The predicted octanol–water partition coefficient (Wildman–Crippen LogP) is 2.66. The van der Waals surface area contributed by atoms with Crippen LogP contribution < -0.4 is 0 Å². The maximum Gasteiger partial charge on any atom is 0.419 e. The molecule has 19 heavy (non-hydrogen) atoms. The SMILES string of the molecule is COC(=O)c1ccc2c3c1ccn3C(=O)OC2(C)C. The Morgan fingerprint density at radius 1 is 1.32 bits per heavy atom. The Kier molecular flexibility index (Phi) is 2.23. The van der Waals surface area contributed by atoms with Crippen molar-refractivity contribution in [1.82, 2.24) is 4.57 Å². The van der Waals surface area contributed by atoms with Gasteiger partial charge in [-0.05, 0) is 26.0 Å². The molecule has 0 amide bonds. The first-order valence-corrected chi connectivity index (χ1v) is 5.92. The molecule has 0 N–H and O–H groups in total. The standard InChI is InChI=1S/C14H13NO4/c1-14(2)10-5-4-9(12(16)18-3)8-6-7-15(11(8)10)13(17)19-14/h4-7H,1-3H3. The van der Waals surface area contributed by atoms with E-state index in [9.17, 15) is 9.59 Å². The van der Waals surface area contributed by atoms with Crippen molar-refractivity contribution >= 4 is 23.0 Å². The molecular weight excluding hydrogens is 246 g/mol. The molecule has 0 saturated carbocycles. The molecule has 2 aromatic rings. The van der Waals surface area contributed by atoms with Gasteiger partial charge in [0.1, 0.15) is 5.60 Å². The molecule has 3 rings (SSSR count). The molecule has 5 nitrogen and oxygen atoms in total. The molecule has 0 saturated heterocycles. The van der Waals surface area contributed by atoms with E-state index in [-0.39, 0.29) is 0 Å². The van der Waals surface area contributed by atoms with Gasteiger partial charge in [0, 0.05) is 17.1 Å². The lowest BCUT2D eigenvalue weighted by Crippen LogP contribution is -2.33. The van der Waals surface area contributed by atoms with E-state index in [1.165, 1.54) is 11.7 Å². The fraction of sp³-hybridized carbons (Fsp3) is 0.286. The van der Waals surface area contributed by atoms with Crippen LogP contribution in [0, 0.1) is 0 Å². The number of ether oxygens (including phenoxy) is 2. The number of carbonyl (C=O) groups excluding carboxylic acids is 2. The largest absolute Gasteiger partial charge is 0.465 e. The minimum atomic E-state index is -0.710. The zero-order valence-electron chi connectivity index (χ0n) is 10.9. The first-order chi connectivity index (χ1) is 8.95. The average Bonchev–Trinajstić information content (AvgIpc) is 2.79. The third-order valence-electron chi connectivity index (χ3n) is 3.44. The van der Waals surface area contributed by atoms with Crippen molar-refractivity contribution in [2.24, 2.45) is 0 Å². The lowest BCUT2D eigenvalue weighted by molar-refractivity contribution is 0.0330. The Morgan fingerprint density at radius 3 is 2.74 bits per heavy atom. The number of esters is 1. The highest BCUT2D eigenvalue weighted by atomic mass is 16.6. The van der Waals surface area contributed by atoms with Gasteiger partial charge in [0.05, 0.1) is 18.2 Å². The molecule has 0 bridgehead atoms. The molecule has 1 aromatic carbocycles.